The monoisotopic (exact) mass is 296 g/mol. The molecule has 0 heterocycles. The average Bonchev–Trinajstić information content (AvgIpc) is 2.46. The molecule has 0 bridgehead atoms. The molecular weight excluding hydrogens is 283 g/mol. The van der Waals surface area contributed by atoms with E-state index in [0.717, 1.165) is 0 Å². The Labute approximate surface area is 121 Å². The molecule has 0 aliphatic heterocycles. The fourth-order valence-corrected chi connectivity index (χ4v) is 2.25. The highest BCUT2D eigenvalue weighted by Gasteiger charge is 2.20. The summed E-state index contributed by atoms with van der Waals surface area (Å²) in [6.07, 6.45) is -1.08. The highest BCUT2D eigenvalue weighted by Crippen LogP contribution is 2.36. The minimum Gasteiger partial charge on any atom is -0.496 e. The maximum atomic E-state index is 13.7. The highest BCUT2D eigenvalue weighted by molar-refractivity contribution is 6.31. The fourth-order valence-electron chi connectivity index (χ4n) is 1.98. The van der Waals surface area contributed by atoms with Crippen molar-refractivity contribution in [1.29, 1.82) is 0 Å². The number of rotatable bonds is 4. The van der Waals surface area contributed by atoms with Gasteiger partial charge < -0.3 is 14.6 Å². The SMILES string of the molecule is COc1ccc(C(O)c2c(Cl)cccc2OC)cc1F. The number of aliphatic hydroxyl groups is 1. The molecule has 0 fully saturated rings. The topological polar surface area (TPSA) is 38.7 Å². The van der Waals surface area contributed by atoms with Gasteiger partial charge in [0.2, 0.25) is 0 Å². The summed E-state index contributed by atoms with van der Waals surface area (Å²) in [6.45, 7) is 0. The van der Waals surface area contributed by atoms with Gasteiger partial charge in [-0.2, -0.15) is 0 Å². The molecular formula is C15H14ClFO3. The smallest absolute Gasteiger partial charge is 0.165 e. The summed E-state index contributed by atoms with van der Waals surface area (Å²) in [6, 6.07) is 9.29. The van der Waals surface area contributed by atoms with Gasteiger partial charge in [-0.3, -0.25) is 0 Å². The van der Waals surface area contributed by atoms with Crippen LogP contribution in [-0.4, -0.2) is 19.3 Å². The summed E-state index contributed by atoms with van der Waals surface area (Å²) in [4.78, 5) is 0. The zero-order valence-electron chi connectivity index (χ0n) is 11.1. The van der Waals surface area contributed by atoms with Crippen LogP contribution in [0.25, 0.3) is 0 Å². The van der Waals surface area contributed by atoms with Crippen LogP contribution in [0.5, 0.6) is 11.5 Å². The van der Waals surface area contributed by atoms with Crippen molar-refractivity contribution in [2.75, 3.05) is 14.2 Å². The van der Waals surface area contributed by atoms with Crippen LogP contribution in [-0.2, 0) is 0 Å². The number of methoxy groups -OCH3 is 2. The Bertz CT molecular complexity index is 616. The van der Waals surface area contributed by atoms with E-state index in [1.807, 2.05) is 0 Å². The first-order valence-electron chi connectivity index (χ1n) is 5.92. The number of ether oxygens (including phenoxy) is 2. The lowest BCUT2D eigenvalue weighted by atomic mass is 10.00. The predicted molar refractivity (Wildman–Crippen MR) is 75.0 cm³/mol. The Hall–Kier alpha value is -1.78. The Balaban J connectivity index is 2.46. The molecule has 1 unspecified atom stereocenters. The quantitative estimate of drug-likeness (QED) is 0.937. The second-order valence-electron chi connectivity index (χ2n) is 4.15. The van der Waals surface area contributed by atoms with Gasteiger partial charge in [-0.25, -0.2) is 4.39 Å². The van der Waals surface area contributed by atoms with Gasteiger partial charge in [0.25, 0.3) is 0 Å². The third kappa shape index (κ3) is 2.71. The summed E-state index contributed by atoms with van der Waals surface area (Å²) in [7, 11) is 2.86. The molecule has 0 aliphatic carbocycles. The lowest BCUT2D eigenvalue weighted by molar-refractivity contribution is 0.214. The molecule has 3 nitrogen and oxygen atoms in total. The number of halogens is 2. The Kier molecular flexibility index (Phi) is 4.47. The lowest BCUT2D eigenvalue weighted by Crippen LogP contribution is -2.04. The maximum absolute atomic E-state index is 13.7. The van der Waals surface area contributed by atoms with Crippen molar-refractivity contribution in [1.82, 2.24) is 0 Å². The first-order valence-corrected chi connectivity index (χ1v) is 6.30. The van der Waals surface area contributed by atoms with Crippen molar-refractivity contribution < 1.29 is 19.0 Å². The molecule has 2 rings (SSSR count). The van der Waals surface area contributed by atoms with E-state index in [-0.39, 0.29) is 5.75 Å². The predicted octanol–water partition coefficient (Wildman–Crippen LogP) is 3.58. The van der Waals surface area contributed by atoms with Crippen LogP contribution in [0.1, 0.15) is 17.2 Å². The third-order valence-corrected chi connectivity index (χ3v) is 3.33. The van der Waals surface area contributed by atoms with E-state index in [0.29, 0.717) is 21.9 Å². The van der Waals surface area contributed by atoms with Gasteiger partial charge in [-0.05, 0) is 29.8 Å². The van der Waals surface area contributed by atoms with Gasteiger partial charge in [-0.1, -0.05) is 23.7 Å². The third-order valence-electron chi connectivity index (χ3n) is 3.00. The molecule has 0 radical (unpaired) electrons. The minimum atomic E-state index is -1.08. The van der Waals surface area contributed by atoms with Gasteiger partial charge in [0.1, 0.15) is 11.9 Å². The van der Waals surface area contributed by atoms with Gasteiger partial charge >= 0.3 is 0 Å². The zero-order valence-corrected chi connectivity index (χ0v) is 11.8. The maximum Gasteiger partial charge on any atom is 0.165 e. The van der Waals surface area contributed by atoms with Gasteiger partial charge in [0.05, 0.1) is 19.2 Å². The van der Waals surface area contributed by atoms with Gasteiger partial charge in [-0.15, -0.1) is 0 Å². The molecule has 0 aliphatic rings. The Morgan fingerprint density at radius 1 is 1.10 bits per heavy atom. The van der Waals surface area contributed by atoms with Crippen molar-refractivity contribution in [3.8, 4) is 11.5 Å². The summed E-state index contributed by atoms with van der Waals surface area (Å²) < 4.78 is 23.7. The summed E-state index contributed by atoms with van der Waals surface area (Å²) in [5.41, 5.74) is 0.774. The highest BCUT2D eigenvalue weighted by atomic mass is 35.5. The minimum absolute atomic E-state index is 0.118. The van der Waals surface area contributed by atoms with E-state index in [1.165, 1.54) is 26.4 Å². The van der Waals surface area contributed by atoms with Crippen LogP contribution in [0.2, 0.25) is 5.02 Å². The number of benzene rings is 2. The number of aliphatic hydroxyl groups excluding tert-OH is 1. The lowest BCUT2D eigenvalue weighted by Gasteiger charge is -2.17. The molecule has 20 heavy (non-hydrogen) atoms. The molecule has 0 aromatic heterocycles. The Morgan fingerprint density at radius 2 is 1.80 bits per heavy atom. The summed E-state index contributed by atoms with van der Waals surface area (Å²) in [5, 5.41) is 10.8. The molecule has 2 aromatic rings. The second-order valence-corrected chi connectivity index (χ2v) is 4.56. The van der Waals surface area contributed by atoms with Crippen LogP contribution in [0.4, 0.5) is 4.39 Å². The largest absolute Gasteiger partial charge is 0.496 e. The van der Waals surface area contributed by atoms with E-state index < -0.39 is 11.9 Å². The van der Waals surface area contributed by atoms with E-state index in [9.17, 15) is 9.50 Å². The van der Waals surface area contributed by atoms with E-state index in [4.69, 9.17) is 21.1 Å². The molecule has 5 heteroatoms. The second kappa shape index (κ2) is 6.11. The van der Waals surface area contributed by atoms with Crippen LogP contribution in [0.3, 0.4) is 0 Å². The van der Waals surface area contributed by atoms with E-state index in [1.54, 1.807) is 24.3 Å². The molecule has 0 saturated heterocycles. The normalized spacial score (nSPS) is 12.1. The van der Waals surface area contributed by atoms with Crippen molar-refractivity contribution in [3.63, 3.8) is 0 Å². The van der Waals surface area contributed by atoms with Gasteiger partial charge in [0.15, 0.2) is 11.6 Å². The van der Waals surface area contributed by atoms with Crippen LogP contribution in [0, 0.1) is 5.82 Å². The fraction of sp³-hybridized carbons (Fsp3) is 0.200. The molecule has 106 valence electrons. The molecule has 0 amide bonds. The van der Waals surface area contributed by atoms with Crippen LogP contribution in [0.15, 0.2) is 36.4 Å². The van der Waals surface area contributed by atoms with Gasteiger partial charge in [0, 0.05) is 5.56 Å². The Morgan fingerprint density at radius 3 is 2.40 bits per heavy atom. The summed E-state index contributed by atoms with van der Waals surface area (Å²) in [5.74, 6) is 0.0170. The van der Waals surface area contributed by atoms with Crippen molar-refractivity contribution in [3.05, 3.63) is 58.4 Å². The molecule has 1 atom stereocenters. The molecule has 0 spiro atoms. The van der Waals surface area contributed by atoms with E-state index >= 15 is 0 Å². The first kappa shape index (κ1) is 14.6. The summed E-state index contributed by atoms with van der Waals surface area (Å²) >= 11 is 6.09. The van der Waals surface area contributed by atoms with Crippen molar-refractivity contribution >= 4 is 11.6 Å². The molecule has 2 aromatic carbocycles. The number of hydrogen-bond donors (Lipinski definition) is 1. The van der Waals surface area contributed by atoms with Crippen LogP contribution >= 0.6 is 11.6 Å². The zero-order chi connectivity index (χ0) is 14.7. The van der Waals surface area contributed by atoms with E-state index in [2.05, 4.69) is 0 Å². The van der Waals surface area contributed by atoms with Crippen LogP contribution < -0.4 is 9.47 Å². The average molecular weight is 297 g/mol. The molecule has 0 saturated carbocycles. The van der Waals surface area contributed by atoms with Crippen molar-refractivity contribution in [2.45, 2.75) is 6.10 Å². The molecule has 1 N–H and O–H groups in total. The number of hydrogen-bond acceptors (Lipinski definition) is 3. The first-order chi connectivity index (χ1) is 9.58. The van der Waals surface area contributed by atoms with Crippen molar-refractivity contribution in [2.24, 2.45) is 0 Å². The standard InChI is InChI=1S/C15H14ClFO3/c1-19-12-7-6-9(8-11(12)17)15(18)14-10(16)4-3-5-13(14)20-2/h3-8,15,18H,1-2H3.